The summed E-state index contributed by atoms with van der Waals surface area (Å²) in [6, 6.07) is 10.6. The van der Waals surface area contributed by atoms with E-state index in [9.17, 15) is 4.79 Å². The number of benzene rings is 1. The van der Waals surface area contributed by atoms with Gasteiger partial charge in [0, 0.05) is 63.5 Å². The van der Waals surface area contributed by atoms with E-state index in [1.54, 1.807) is 4.90 Å². The Bertz CT molecular complexity index is 904. The molecule has 1 saturated heterocycles. The highest BCUT2D eigenvalue weighted by atomic mass is 16.6. The Hall–Kier alpha value is -2.67. The average molecular weight is 424 g/mol. The van der Waals surface area contributed by atoms with Crippen molar-refractivity contribution in [2.24, 2.45) is 0 Å². The van der Waals surface area contributed by atoms with E-state index in [0.29, 0.717) is 32.1 Å². The van der Waals surface area contributed by atoms with Crippen molar-refractivity contribution in [3.05, 3.63) is 53.3 Å². The van der Waals surface area contributed by atoms with Gasteiger partial charge in [-0.25, -0.2) is 14.8 Å². The van der Waals surface area contributed by atoms with Crippen LogP contribution < -0.4 is 4.90 Å². The monoisotopic (exact) mass is 423 g/mol. The van der Waals surface area contributed by atoms with Crippen LogP contribution in [0.4, 0.5) is 10.7 Å². The number of hydrogen-bond donors (Lipinski definition) is 0. The summed E-state index contributed by atoms with van der Waals surface area (Å²) in [5.41, 5.74) is 3.23. The van der Waals surface area contributed by atoms with E-state index in [0.717, 1.165) is 31.3 Å². The number of hydrogen-bond acceptors (Lipinski definition) is 6. The smallest absolute Gasteiger partial charge is 0.410 e. The number of anilines is 1. The predicted octanol–water partition coefficient (Wildman–Crippen LogP) is 3.65. The standard InChI is InChI=1S/C24H33N5O2/c1-18-15-27(16-19-8-6-5-7-9-19)17-20-14-25-22(26-21(18)20)28-10-12-29(13-11-28)23(30)31-24(2,3)4/h5-9,14,18H,10-13,15-17H2,1-4H3. The molecule has 1 aromatic carbocycles. The van der Waals surface area contributed by atoms with E-state index in [1.807, 2.05) is 27.0 Å². The second kappa shape index (κ2) is 8.83. The molecule has 0 aliphatic carbocycles. The quantitative estimate of drug-likeness (QED) is 0.751. The molecule has 31 heavy (non-hydrogen) atoms. The number of ether oxygens (including phenoxy) is 1. The van der Waals surface area contributed by atoms with Crippen molar-refractivity contribution in [1.29, 1.82) is 0 Å². The van der Waals surface area contributed by atoms with Gasteiger partial charge in [-0.1, -0.05) is 37.3 Å². The predicted molar refractivity (Wildman–Crippen MR) is 121 cm³/mol. The zero-order valence-corrected chi connectivity index (χ0v) is 19.0. The molecule has 0 spiro atoms. The highest BCUT2D eigenvalue weighted by molar-refractivity contribution is 5.68. The third-order valence-electron chi connectivity index (χ3n) is 5.74. The molecule has 1 unspecified atom stereocenters. The van der Waals surface area contributed by atoms with Gasteiger partial charge in [0.25, 0.3) is 0 Å². The summed E-state index contributed by atoms with van der Waals surface area (Å²) in [5, 5.41) is 0. The number of rotatable bonds is 3. The van der Waals surface area contributed by atoms with Gasteiger partial charge in [0.2, 0.25) is 5.95 Å². The van der Waals surface area contributed by atoms with Crippen LogP contribution in [0.15, 0.2) is 36.5 Å². The number of carbonyl (C=O) groups excluding carboxylic acids is 1. The van der Waals surface area contributed by atoms with Crippen molar-refractivity contribution in [3.63, 3.8) is 0 Å². The Kier molecular flexibility index (Phi) is 6.14. The van der Waals surface area contributed by atoms with Crippen molar-refractivity contribution in [1.82, 2.24) is 19.8 Å². The largest absolute Gasteiger partial charge is 0.444 e. The minimum Gasteiger partial charge on any atom is -0.444 e. The maximum absolute atomic E-state index is 12.3. The van der Waals surface area contributed by atoms with Crippen molar-refractivity contribution in [2.75, 3.05) is 37.6 Å². The number of carbonyl (C=O) groups is 1. The first kappa shape index (κ1) is 21.6. The minimum absolute atomic E-state index is 0.245. The highest BCUT2D eigenvalue weighted by Crippen LogP contribution is 2.28. The van der Waals surface area contributed by atoms with Crippen molar-refractivity contribution < 1.29 is 9.53 Å². The van der Waals surface area contributed by atoms with Crippen molar-refractivity contribution in [2.45, 2.75) is 52.3 Å². The van der Waals surface area contributed by atoms with Crippen LogP contribution in [0.1, 0.15) is 50.4 Å². The molecule has 1 atom stereocenters. The fraction of sp³-hybridized carbons (Fsp3) is 0.542. The first-order valence-corrected chi connectivity index (χ1v) is 11.1. The molecular weight excluding hydrogens is 390 g/mol. The molecule has 1 amide bonds. The molecular formula is C24H33N5O2. The lowest BCUT2D eigenvalue weighted by molar-refractivity contribution is 0.0240. The van der Waals surface area contributed by atoms with Crippen LogP contribution in [0, 0.1) is 0 Å². The number of aromatic nitrogens is 2. The summed E-state index contributed by atoms with van der Waals surface area (Å²) in [6.45, 7) is 13.4. The maximum atomic E-state index is 12.3. The molecule has 0 radical (unpaired) electrons. The molecule has 7 nitrogen and oxygen atoms in total. The van der Waals surface area contributed by atoms with E-state index in [4.69, 9.17) is 9.72 Å². The SMILES string of the molecule is CC1CN(Cc2ccccc2)Cc2cnc(N3CCN(C(=O)OC(C)(C)C)CC3)nc21. The third-order valence-corrected chi connectivity index (χ3v) is 5.74. The van der Waals surface area contributed by atoms with Crippen molar-refractivity contribution >= 4 is 12.0 Å². The van der Waals surface area contributed by atoms with Gasteiger partial charge in [-0.3, -0.25) is 4.90 Å². The second-order valence-corrected chi connectivity index (χ2v) is 9.59. The fourth-order valence-electron chi connectivity index (χ4n) is 4.27. The number of nitrogens with zero attached hydrogens (tertiary/aromatic N) is 5. The van der Waals surface area contributed by atoms with Gasteiger partial charge in [-0.15, -0.1) is 0 Å². The van der Waals surface area contributed by atoms with Crippen LogP contribution in [-0.2, 0) is 17.8 Å². The number of piperazine rings is 1. The van der Waals surface area contributed by atoms with Gasteiger partial charge < -0.3 is 14.5 Å². The van der Waals surface area contributed by atoms with Crippen LogP contribution in [-0.4, -0.2) is 64.2 Å². The molecule has 2 aliphatic heterocycles. The second-order valence-electron chi connectivity index (χ2n) is 9.59. The minimum atomic E-state index is -0.472. The third kappa shape index (κ3) is 5.34. The van der Waals surface area contributed by atoms with Gasteiger partial charge in [-0.2, -0.15) is 0 Å². The Morgan fingerprint density at radius 2 is 1.84 bits per heavy atom. The molecule has 166 valence electrons. The summed E-state index contributed by atoms with van der Waals surface area (Å²) < 4.78 is 5.49. The van der Waals surface area contributed by atoms with Crippen LogP contribution in [0.2, 0.25) is 0 Å². The van der Waals surface area contributed by atoms with E-state index in [2.05, 4.69) is 52.0 Å². The molecule has 0 bridgehead atoms. The molecule has 1 fully saturated rings. The Morgan fingerprint density at radius 1 is 1.13 bits per heavy atom. The summed E-state index contributed by atoms with van der Waals surface area (Å²) >= 11 is 0. The number of fused-ring (bicyclic) bond motifs is 1. The summed E-state index contributed by atoms with van der Waals surface area (Å²) in [5.74, 6) is 1.13. The molecule has 2 aliphatic rings. The van der Waals surface area contributed by atoms with Gasteiger partial charge in [0.15, 0.2) is 0 Å². The first-order chi connectivity index (χ1) is 14.8. The molecule has 1 aromatic heterocycles. The van der Waals surface area contributed by atoms with Crippen LogP contribution in [0.5, 0.6) is 0 Å². The fourth-order valence-corrected chi connectivity index (χ4v) is 4.27. The lowest BCUT2D eigenvalue weighted by Gasteiger charge is -2.36. The summed E-state index contributed by atoms with van der Waals surface area (Å²) in [6.07, 6.45) is 1.75. The van der Waals surface area contributed by atoms with E-state index < -0.39 is 5.60 Å². The molecule has 2 aromatic rings. The van der Waals surface area contributed by atoms with Gasteiger partial charge in [0.1, 0.15) is 5.60 Å². The van der Waals surface area contributed by atoms with Gasteiger partial charge >= 0.3 is 6.09 Å². The Balaban J connectivity index is 1.38. The Labute approximate surface area is 185 Å². The van der Waals surface area contributed by atoms with Gasteiger partial charge in [0.05, 0.1) is 5.69 Å². The molecule has 0 saturated carbocycles. The lowest BCUT2D eigenvalue weighted by atomic mass is 9.97. The molecule has 4 rings (SSSR count). The number of amides is 1. The molecule has 0 N–H and O–H groups in total. The van der Waals surface area contributed by atoms with Crippen LogP contribution in [0.3, 0.4) is 0 Å². The topological polar surface area (TPSA) is 61.8 Å². The van der Waals surface area contributed by atoms with Crippen LogP contribution in [0.25, 0.3) is 0 Å². The normalized spacial score (nSPS) is 19.8. The van der Waals surface area contributed by atoms with Gasteiger partial charge in [-0.05, 0) is 26.3 Å². The van der Waals surface area contributed by atoms with Crippen LogP contribution >= 0.6 is 0 Å². The summed E-state index contributed by atoms with van der Waals surface area (Å²) in [4.78, 5) is 28.3. The zero-order chi connectivity index (χ0) is 22.0. The van der Waals surface area contributed by atoms with E-state index >= 15 is 0 Å². The maximum Gasteiger partial charge on any atom is 0.410 e. The highest BCUT2D eigenvalue weighted by Gasteiger charge is 2.29. The zero-order valence-electron chi connectivity index (χ0n) is 19.0. The average Bonchev–Trinajstić information content (AvgIpc) is 2.73. The summed E-state index contributed by atoms with van der Waals surface area (Å²) in [7, 11) is 0. The first-order valence-electron chi connectivity index (χ1n) is 11.1. The van der Waals surface area contributed by atoms with E-state index in [1.165, 1.54) is 11.1 Å². The Morgan fingerprint density at radius 3 is 2.52 bits per heavy atom. The molecule has 3 heterocycles. The van der Waals surface area contributed by atoms with E-state index in [-0.39, 0.29) is 6.09 Å². The molecule has 7 heteroatoms. The van der Waals surface area contributed by atoms with Crippen molar-refractivity contribution in [3.8, 4) is 0 Å². The lowest BCUT2D eigenvalue weighted by Crippen LogP contribution is -2.50.